The average Bonchev–Trinajstić information content (AvgIpc) is 3.10. The van der Waals surface area contributed by atoms with Gasteiger partial charge in [0.25, 0.3) is 5.89 Å². The summed E-state index contributed by atoms with van der Waals surface area (Å²) in [6, 6.07) is 6.98. The second kappa shape index (κ2) is 6.62. The number of H-pyrrole nitrogens is 1. The van der Waals surface area contributed by atoms with E-state index >= 15 is 0 Å². The summed E-state index contributed by atoms with van der Waals surface area (Å²) in [6.07, 6.45) is 0. The van der Waals surface area contributed by atoms with E-state index in [0.717, 1.165) is 5.56 Å². The molecule has 2 heterocycles. The zero-order valence-electron chi connectivity index (χ0n) is 13.9. The molecule has 0 fully saturated rings. The van der Waals surface area contributed by atoms with Crippen molar-refractivity contribution < 1.29 is 12.8 Å². The molecule has 0 aliphatic rings. The molecule has 0 aliphatic heterocycles. The normalized spacial score (nSPS) is 11.8. The molecular formula is C16H17ClN4O3S. The molecule has 9 heteroatoms. The molecule has 3 aromatic rings. The minimum Gasteiger partial charge on any atom is -0.420 e. The lowest BCUT2D eigenvalue weighted by Crippen LogP contribution is -2.24. The van der Waals surface area contributed by atoms with Gasteiger partial charge in [0.1, 0.15) is 10.6 Å². The van der Waals surface area contributed by atoms with Crippen LogP contribution in [0.2, 0.25) is 5.02 Å². The Morgan fingerprint density at radius 1 is 1.16 bits per heavy atom. The van der Waals surface area contributed by atoms with Gasteiger partial charge in [0, 0.05) is 24.2 Å². The minimum absolute atomic E-state index is 0.165. The monoisotopic (exact) mass is 380 g/mol. The molecule has 0 unspecified atom stereocenters. The van der Waals surface area contributed by atoms with Crippen LogP contribution in [0.4, 0.5) is 0 Å². The predicted molar refractivity (Wildman–Crippen MR) is 93.8 cm³/mol. The summed E-state index contributed by atoms with van der Waals surface area (Å²) in [5, 5.41) is 8.32. The Hall–Kier alpha value is -2.16. The van der Waals surface area contributed by atoms with E-state index in [1.54, 1.807) is 45.0 Å². The van der Waals surface area contributed by atoms with E-state index in [9.17, 15) is 8.42 Å². The minimum atomic E-state index is -3.71. The molecule has 7 nitrogen and oxygen atoms in total. The van der Waals surface area contributed by atoms with Crippen molar-refractivity contribution in [3.63, 3.8) is 0 Å². The highest BCUT2D eigenvalue weighted by Crippen LogP contribution is 2.29. The van der Waals surface area contributed by atoms with Crippen LogP contribution in [-0.4, -0.2) is 23.6 Å². The van der Waals surface area contributed by atoms with Crippen molar-refractivity contribution in [1.29, 1.82) is 0 Å². The Bertz CT molecular complexity index is 1010. The first kappa shape index (κ1) is 17.7. The fourth-order valence-electron chi connectivity index (χ4n) is 2.60. The largest absolute Gasteiger partial charge is 0.420 e. The number of aromatic nitrogens is 3. The number of nitrogens with zero attached hydrogens (tertiary/aromatic N) is 2. The van der Waals surface area contributed by atoms with Crippen molar-refractivity contribution in [1.82, 2.24) is 19.9 Å². The van der Waals surface area contributed by atoms with Crippen LogP contribution in [0.25, 0.3) is 11.6 Å². The van der Waals surface area contributed by atoms with E-state index < -0.39 is 10.0 Å². The lowest BCUT2D eigenvalue weighted by Gasteiger charge is -2.08. The highest BCUT2D eigenvalue weighted by molar-refractivity contribution is 7.89. The van der Waals surface area contributed by atoms with Crippen LogP contribution in [0.5, 0.6) is 0 Å². The zero-order valence-corrected chi connectivity index (χ0v) is 15.5. The molecule has 0 spiro atoms. The molecule has 0 radical (unpaired) electrons. The second-order valence-corrected chi connectivity index (χ2v) is 7.80. The maximum Gasteiger partial charge on any atom is 0.264 e. The third-order valence-corrected chi connectivity index (χ3v) is 5.68. The quantitative estimate of drug-likeness (QED) is 0.708. The Kier molecular flexibility index (Phi) is 4.68. The molecule has 0 amide bonds. The van der Waals surface area contributed by atoms with E-state index in [-0.39, 0.29) is 17.3 Å². The van der Waals surface area contributed by atoms with Crippen LogP contribution < -0.4 is 4.72 Å². The van der Waals surface area contributed by atoms with E-state index in [1.165, 1.54) is 0 Å². The van der Waals surface area contributed by atoms with Crippen LogP contribution in [0, 0.1) is 20.8 Å². The summed E-state index contributed by atoms with van der Waals surface area (Å²) in [4.78, 5) is 3.21. The van der Waals surface area contributed by atoms with Gasteiger partial charge in [-0.15, -0.1) is 10.2 Å². The van der Waals surface area contributed by atoms with E-state index in [4.69, 9.17) is 16.0 Å². The fraction of sp³-hybridized carbons (Fsp3) is 0.250. The molecule has 2 aromatic heterocycles. The third kappa shape index (κ3) is 3.60. The molecule has 25 heavy (non-hydrogen) atoms. The Balaban J connectivity index is 1.89. The summed E-state index contributed by atoms with van der Waals surface area (Å²) in [5.74, 6) is 0.671. The first-order valence-corrected chi connectivity index (χ1v) is 9.38. The molecule has 0 saturated carbocycles. The van der Waals surface area contributed by atoms with Gasteiger partial charge in [0.2, 0.25) is 15.9 Å². The fourth-order valence-corrected chi connectivity index (χ4v) is 4.19. The maximum absolute atomic E-state index is 12.7. The summed E-state index contributed by atoms with van der Waals surface area (Å²) in [5.41, 5.74) is 2.35. The first-order chi connectivity index (χ1) is 11.8. The van der Waals surface area contributed by atoms with Crippen LogP contribution in [0.1, 0.15) is 22.7 Å². The van der Waals surface area contributed by atoms with Gasteiger partial charge in [-0.05, 0) is 37.1 Å². The van der Waals surface area contributed by atoms with Gasteiger partial charge in [-0.1, -0.05) is 23.7 Å². The summed E-state index contributed by atoms with van der Waals surface area (Å²) in [6.45, 7) is 5.23. The lowest BCUT2D eigenvalue weighted by molar-refractivity contribution is 0.531. The number of benzene rings is 1. The topological polar surface area (TPSA) is 101 Å². The average molecular weight is 381 g/mol. The zero-order chi connectivity index (χ0) is 18.2. The SMILES string of the molecule is Cc1nnc(-c2[nH]c(C)c(S(=O)(=O)NCc3ccc(Cl)cc3)c2C)o1. The highest BCUT2D eigenvalue weighted by atomic mass is 35.5. The predicted octanol–water partition coefficient (Wildman–Crippen LogP) is 3.12. The highest BCUT2D eigenvalue weighted by Gasteiger charge is 2.26. The summed E-state index contributed by atoms with van der Waals surface area (Å²) < 4.78 is 33.5. The number of halogens is 1. The number of hydrogen-bond donors (Lipinski definition) is 2. The lowest BCUT2D eigenvalue weighted by atomic mass is 10.2. The van der Waals surface area contributed by atoms with Gasteiger partial charge in [0.15, 0.2) is 0 Å². The van der Waals surface area contributed by atoms with E-state index in [0.29, 0.717) is 27.9 Å². The standard InChI is InChI=1S/C16H17ClN4O3S/c1-9-14(16-21-20-11(3)24-16)19-10(2)15(9)25(22,23)18-8-12-4-6-13(17)7-5-12/h4-7,18-19H,8H2,1-3H3. The molecule has 0 bridgehead atoms. The van der Waals surface area contributed by atoms with Crippen LogP contribution in [0.15, 0.2) is 33.6 Å². The Morgan fingerprint density at radius 2 is 1.84 bits per heavy atom. The number of nitrogens with one attached hydrogen (secondary N) is 2. The number of hydrogen-bond acceptors (Lipinski definition) is 5. The number of aromatic amines is 1. The van der Waals surface area contributed by atoms with Gasteiger partial charge in [-0.3, -0.25) is 0 Å². The van der Waals surface area contributed by atoms with Crippen molar-refractivity contribution in [2.75, 3.05) is 0 Å². The van der Waals surface area contributed by atoms with Crippen molar-refractivity contribution in [2.45, 2.75) is 32.2 Å². The van der Waals surface area contributed by atoms with Crippen molar-refractivity contribution in [2.24, 2.45) is 0 Å². The molecular weight excluding hydrogens is 364 g/mol. The molecule has 0 atom stereocenters. The van der Waals surface area contributed by atoms with Gasteiger partial charge < -0.3 is 9.40 Å². The van der Waals surface area contributed by atoms with Gasteiger partial charge in [-0.25, -0.2) is 13.1 Å². The molecule has 1 aromatic carbocycles. The molecule has 0 saturated heterocycles. The van der Waals surface area contributed by atoms with Gasteiger partial charge in [-0.2, -0.15) is 0 Å². The maximum atomic E-state index is 12.7. The van der Waals surface area contributed by atoms with Crippen LogP contribution in [-0.2, 0) is 16.6 Å². The Labute approximate surface area is 150 Å². The number of rotatable bonds is 5. The van der Waals surface area contributed by atoms with Crippen LogP contribution >= 0.6 is 11.6 Å². The summed E-state index contributed by atoms with van der Waals surface area (Å²) >= 11 is 5.84. The number of sulfonamides is 1. The van der Waals surface area contributed by atoms with E-state index in [2.05, 4.69) is 19.9 Å². The van der Waals surface area contributed by atoms with Gasteiger partial charge >= 0.3 is 0 Å². The molecule has 2 N–H and O–H groups in total. The van der Waals surface area contributed by atoms with Gasteiger partial charge in [0.05, 0.1) is 0 Å². The molecule has 0 aliphatic carbocycles. The smallest absolute Gasteiger partial charge is 0.264 e. The molecule has 3 rings (SSSR count). The number of aryl methyl sites for hydroxylation is 2. The molecule has 132 valence electrons. The Morgan fingerprint density at radius 3 is 2.44 bits per heavy atom. The van der Waals surface area contributed by atoms with Crippen LogP contribution in [0.3, 0.4) is 0 Å². The first-order valence-electron chi connectivity index (χ1n) is 7.51. The second-order valence-electron chi connectivity index (χ2n) is 5.66. The van der Waals surface area contributed by atoms with E-state index in [1.807, 2.05) is 0 Å². The van der Waals surface area contributed by atoms with Crippen molar-refractivity contribution >= 4 is 21.6 Å². The summed E-state index contributed by atoms with van der Waals surface area (Å²) in [7, 11) is -3.71. The van der Waals surface area contributed by atoms with Crippen molar-refractivity contribution in [3.8, 4) is 11.6 Å². The van der Waals surface area contributed by atoms with Crippen molar-refractivity contribution in [3.05, 3.63) is 52.0 Å². The third-order valence-electron chi connectivity index (χ3n) is 3.76.